The Morgan fingerprint density at radius 1 is 1.50 bits per heavy atom. The first-order valence-electron chi connectivity index (χ1n) is 4.62. The number of ether oxygens (including phenoxy) is 1. The Bertz CT molecular complexity index is 379. The number of rotatable bonds is 3. The molecule has 1 aliphatic rings. The molecule has 1 aromatic rings. The molecule has 2 rings (SSSR count). The van der Waals surface area contributed by atoms with Gasteiger partial charge in [0, 0.05) is 6.07 Å². The monoisotopic (exact) mass is 191 g/mol. The predicted octanol–water partition coefficient (Wildman–Crippen LogP) is 2.49. The summed E-state index contributed by atoms with van der Waals surface area (Å²) in [6.07, 6.45) is 2.43. The van der Waals surface area contributed by atoms with Crippen molar-refractivity contribution in [2.45, 2.75) is 12.8 Å². The SMILES string of the molecule is N#Cc1cc(OCC2CC2)ccc1F. The maximum atomic E-state index is 12.9. The van der Waals surface area contributed by atoms with Crippen molar-refractivity contribution in [3.8, 4) is 11.8 Å². The van der Waals surface area contributed by atoms with Crippen LogP contribution in [0.5, 0.6) is 5.75 Å². The molecule has 72 valence electrons. The fraction of sp³-hybridized carbons (Fsp3) is 0.364. The largest absolute Gasteiger partial charge is 0.493 e. The van der Waals surface area contributed by atoms with E-state index in [0.29, 0.717) is 18.3 Å². The van der Waals surface area contributed by atoms with Gasteiger partial charge in [0.05, 0.1) is 12.2 Å². The van der Waals surface area contributed by atoms with E-state index in [2.05, 4.69) is 0 Å². The fourth-order valence-electron chi connectivity index (χ4n) is 1.18. The second-order valence-corrected chi connectivity index (χ2v) is 3.51. The van der Waals surface area contributed by atoms with Crippen LogP contribution in [0.2, 0.25) is 0 Å². The highest BCUT2D eigenvalue weighted by Gasteiger charge is 2.21. The van der Waals surface area contributed by atoms with Gasteiger partial charge in [-0.25, -0.2) is 4.39 Å². The minimum atomic E-state index is -0.494. The first-order valence-corrected chi connectivity index (χ1v) is 4.62. The summed E-state index contributed by atoms with van der Waals surface area (Å²) in [6.45, 7) is 0.677. The van der Waals surface area contributed by atoms with E-state index in [9.17, 15) is 4.39 Å². The van der Waals surface area contributed by atoms with Crippen LogP contribution in [-0.4, -0.2) is 6.61 Å². The van der Waals surface area contributed by atoms with Crippen molar-refractivity contribution >= 4 is 0 Å². The summed E-state index contributed by atoms with van der Waals surface area (Å²) in [6, 6.07) is 6.04. The average molecular weight is 191 g/mol. The van der Waals surface area contributed by atoms with Crippen molar-refractivity contribution in [2.24, 2.45) is 5.92 Å². The molecule has 0 amide bonds. The van der Waals surface area contributed by atoms with Gasteiger partial charge in [-0.05, 0) is 30.9 Å². The first-order chi connectivity index (χ1) is 6.79. The molecule has 0 heterocycles. The van der Waals surface area contributed by atoms with Gasteiger partial charge in [0.2, 0.25) is 0 Å². The van der Waals surface area contributed by atoms with Crippen molar-refractivity contribution in [1.82, 2.24) is 0 Å². The molecule has 0 spiro atoms. The van der Waals surface area contributed by atoms with Crippen molar-refractivity contribution in [3.05, 3.63) is 29.6 Å². The summed E-state index contributed by atoms with van der Waals surface area (Å²) in [5.74, 6) is 0.742. The third-order valence-corrected chi connectivity index (χ3v) is 2.24. The Morgan fingerprint density at radius 3 is 2.93 bits per heavy atom. The third kappa shape index (κ3) is 2.02. The van der Waals surface area contributed by atoms with Crippen LogP contribution in [-0.2, 0) is 0 Å². The highest BCUT2D eigenvalue weighted by Crippen LogP contribution is 2.29. The van der Waals surface area contributed by atoms with Gasteiger partial charge in [0.25, 0.3) is 0 Å². The molecule has 1 fully saturated rings. The first kappa shape index (κ1) is 9.01. The smallest absolute Gasteiger partial charge is 0.141 e. The molecule has 1 aliphatic carbocycles. The summed E-state index contributed by atoms with van der Waals surface area (Å²) in [7, 11) is 0. The summed E-state index contributed by atoms with van der Waals surface area (Å²) in [4.78, 5) is 0. The van der Waals surface area contributed by atoms with Crippen LogP contribution < -0.4 is 4.74 Å². The minimum absolute atomic E-state index is 0.0401. The Kier molecular flexibility index (Phi) is 2.36. The standard InChI is InChI=1S/C11H10FNO/c12-11-4-3-10(5-9(11)6-13)14-7-8-1-2-8/h3-5,8H,1-2,7H2. The average Bonchev–Trinajstić information content (AvgIpc) is 3.00. The van der Waals surface area contributed by atoms with E-state index in [0.717, 1.165) is 0 Å². The van der Waals surface area contributed by atoms with Crippen LogP contribution in [0.3, 0.4) is 0 Å². The van der Waals surface area contributed by atoms with Crippen LogP contribution in [0.1, 0.15) is 18.4 Å². The molecule has 0 N–H and O–H groups in total. The molecular weight excluding hydrogens is 181 g/mol. The van der Waals surface area contributed by atoms with Crippen molar-refractivity contribution in [3.63, 3.8) is 0 Å². The predicted molar refractivity (Wildman–Crippen MR) is 49.3 cm³/mol. The number of benzene rings is 1. The molecule has 3 heteroatoms. The van der Waals surface area contributed by atoms with Gasteiger partial charge >= 0.3 is 0 Å². The summed E-state index contributed by atoms with van der Waals surface area (Å²) >= 11 is 0. The molecule has 2 nitrogen and oxygen atoms in total. The van der Waals surface area contributed by atoms with Gasteiger partial charge in [-0.2, -0.15) is 5.26 Å². The molecule has 0 atom stereocenters. The van der Waals surface area contributed by atoms with E-state index in [-0.39, 0.29) is 5.56 Å². The molecular formula is C11H10FNO. The van der Waals surface area contributed by atoms with E-state index in [1.807, 2.05) is 0 Å². The van der Waals surface area contributed by atoms with Gasteiger partial charge < -0.3 is 4.74 Å². The number of hydrogen-bond acceptors (Lipinski definition) is 2. The highest BCUT2D eigenvalue weighted by molar-refractivity contribution is 5.37. The second kappa shape index (κ2) is 3.67. The van der Waals surface area contributed by atoms with Crippen LogP contribution in [0, 0.1) is 23.1 Å². The lowest BCUT2D eigenvalue weighted by atomic mass is 10.2. The molecule has 0 aliphatic heterocycles. The minimum Gasteiger partial charge on any atom is -0.493 e. The molecule has 0 unspecified atom stereocenters. The van der Waals surface area contributed by atoms with Gasteiger partial charge in [0.15, 0.2) is 0 Å². The van der Waals surface area contributed by atoms with E-state index < -0.39 is 5.82 Å². The molecule has 0 aromatic heterocycles. The molecule has 0 saturated heterocycles. The quantitative estimate of drug-likeness (QED) is 0.735. The number of halogens is 1. The maximum absolute atomic E-state index is 12.9. The molecule has 1 saturated carbocycles. The third-order valence-electron chi connectivity index (χ3n) is 2.24. The van der Waals surface area contributed by atoms with Crippen molar-refractivity contribution < 1.29 is 9.13 Å². The normalized spacial score (nSPS) is 14.9. The van der Waals surface area contributed by atoms with Crippen LogP contribution in [0.4, 0.5) is 4.39 Å². The fourth-order valence-corrected chi connectivity index (χ4v) is 1.18. The lowest BCUT2D eigenvalue weighted by Gasteiger charge is -2.04. The Labute approximate surface area is 81.9 Å². The Hall–Kier alpha value is -1.56. The van der Waals surface area contributed by atoms with Crippen molar-refractivity contribution in [2.75, 3.05) is 6.61 Å². The summed E-state index contributed by atoms with van der Waals surface area (Å²) in [5, 5.41) is 8.59. The van der Waals surface area contributed by atoms with E-state index in [4.69, 9.17) is 10.00 Å². The van der Waals surface area contributed by atoms with Gasteiger partial charge in [-0.3, -0.25) is 0 Å². The van der Waals surface area contributed by atoms with Gasteiger partial charge in [-0.15, -0.1) is 0 Å². The second-order valence-electron chi connectivity index (χ2n) is 3.51. The van der Waals surface area contributed by atoms with E-state index in [1.54, 1.807) is 12.1 Å². The Balaban J connectivity index is 2.06. The number of hydrogen-bond donors (Lipinski definition) is 0. The topological polar surface area (TPSA) is 33.0 Å². The molecule has 0 radical (unpaired) electrons. The van der Waals surface area contributed by atoms with Crippen molar-refractivity contribution in [1.29, 1.82) is 5.26 Å². The van der Waals surface area contributed by atoms with Crippen LogP contribution >= 0.6 is 0 Å². The van der Waals surface area contributed by atoms with Crippen LogP contribution in [0.25, 0.3) is 0 Å². The number of nitrogens with zero attached hydrogens (tertiary/aromatic N) is 1. The zero-order valence-electron chi connectivity index (χ0n) is 7.66. The van der Waals surface area contributed by atoms with Crippen LogP contribution in [0.15, 0.2) is 18.2 Å². The van der Waals surface area contributed by atoms with Gasteiger partial charge in [0.1, 0.15) is 17.6 Å². The molecule has 14 heavy (non-hydrogen) atoms. The summed E-state index contributed by atoms with van der Waals surface area (Å²) < 4.78 is 18.3. The molecule has 1 aromatic carbocycles. The summed E-state index contributed by atoms with van der Waals surface area (Å²) in [5.41, 5.74) is 0.0401. The van der Waals surface area contributed by atoms with E-state index >= 15 is 0 Å². The maximum Gasteiger partial charge on any atom is 0.141 e. The molecule has 0 bridgehead atoms. The zero-order chi connectivity index (χ0) is 9.97. The lowest BCUT2D eigenvalue weighted by Crippen LogP contribution is -1.99. The van der Waals surface area contributed by atoms with E-state index in [1.165, 1.54) is 25.0 Å². The van der Waals surface area contributed by atoms with Gasteiger partial charge in [-0.1, -0.05) is 0 Å². The highest BCUT2D eigenvalue weighted by atomic mass is 19.1. The Morgan fingerprint density at radius 2 is 2.29 bits per heavy atom. The lowest BCUT2D eigenvalue weighted by molar-refractivity contribution is 0.299. The number of nitriles is 1. The zero-order valence-corrected chi connectivity index (χ0v) is 7.66.